The van der Waals surface area contributed by atoms with E-state index in [0.29, 0.717) is 12.1 Å². The van der Waals surface area contributed by atoms with Crippen LogP contribution >= 0.6 is 0 Å². The van der Waals surface area contributed by atoms with E-state index in [0.717, 1.165) is 0 Å². The van der Waals surface area contributed by atoms with Gasteiger partial charge in [0.2, 0.25) is 0 Å². The molecule has 2 heteroatoms. The van der Waals surface area contributed by atoms with Crippen molar-refractivity contribution in [2.75, 3.05) is 0 Å². The van der Waals surface area contributed by atoms with E-state index in [2.05, 4.69) is 5.48 Å². The minimum Gasteiger partial charge on any atom is -0.299 e. The first-order valence-electron chi connectivity index (χ1n) is 3.20. The number of nitrogens with one attached hydrogen (secondary N) is 1. The maximum atomic E-state index is 5.12. The van der Waals surface area contributed by atoms with Crippen LogP contribution in [0.4, 0.5) is 0 Å². The van der Waals surface area contributed by atoms with Gasteiger partial charge in [-0.05, 0) is 26.7 Å². The third-order valence-electron chi connectivity index (χ3n) is 1.05. The molecular formula is C6H13NO. The lowest BCUT2D eigenvalue weighted by Gasteiger charge is -2.05. The van der Waals surface area contributed by atoms with Crippen LogP contribution in [-0.2, 0) is 4.84 Å². The molecule has 0 aromatic carbocycles. The van der Waals surface area contributed by atoms with E-state index in [9.17, 15) is 0 Å². The molecule has 0 aromatic heterocycles. The highest BCUT2D eigenvalue weighted by Gasteiger charge is 2.20. The summed E-state index contributed by atoms with van der Waals surface area (Å²) < 4.78 is 0. The molecule has 0 unspecified atom stereocenters. The molecule has 0 radical (unpaired) electrons. The molecule has 1 N–H and O–H groups in total. The second-order valence-electron chi connectivity index (χ2n) is 2.56. The van der Waals surface area contributed by atoms with E-state index < -0.39 is 0 Å². The molecule has 0 atom stereocenters. The Hall–Kier alpha value is -0.0800. The highest BCUT2D eigenvalue weighted by Crippen LogP contribution is 2.18. The number of rotatable bonds is 3. The Morgan fingerprint density at radius 3 is 2.50 bits per heavy atom. The fraction of sp³-hybridized carbons (Fsp3) is 1.00. The first-order valence-corrected chi connectivity index (χ1v) is 3.20. The van der Waals surface area contributed by atoms with Gasteiger partial charge in [-0.15, -0.1) is 0 Å². The minimum absolute atomic E-state index is 0.315. The third-order valence-corrected chi connectivity index (χ3v) is 1.05. The summed E-state index contributed by atoms with van der Waals surface area (Å²) in [6.07, 6.45) is 2.88. The summed E-state index contributed by atoms with van der Waals surface area (Å²) in [5.74, 6) is 0. The van der Waals surface area contributed by atoms with Crippen molar-refractivity contribution >= 4 is 0 Å². The van der Waals surface area contributed by atoms with Crippen LogP contribution in [-0.4, -0.2) is 12.1 Å². The standard InChI is InChI=1S/C6H13NO/c1-5(2)8-7-6-3-4-6/h5-7H,3-4H2,1-2H3. The van der Waals surface area contributed by atoms with Gasteiger partial charge >= 0.3 is 0 Å². The second kappa shape index (κ2) is 2.46. The van der Waals surface area contributed by atoms with Gasteiger partial charge in [-0.1, -0.05) is 0 Å². The van der Waals surface area contributed by atoms with Crippen LogP contribution in [0.1, 0.15) is 26.7 Å². The zero-order chi connectivity index (χ0) is 5.98. The molecule has 2 nitrogen and oxygen atoms in total. The lowest BCUT2D eigenvalue weighted by atomic mass is 10.5. The van der Waals surface area contributed by atoms with Gasteiger partial charge in [-0.2, -0.15) is 5.48 Å². The quantitative estimate of drug-likeness (QED) is 0.556. The van der Waals surface area contributed by atoms with Gasteiger partial charge in [0.15, 0.2) is 0 Å². The summed E-state index contributed by atoms with van der Waals surface area (Å²) in [6, 6.07) is 0.664. The van der Waals surface area contributed by atoms with Crippen molar-refractivity contribution in [3.63, 3.8) is 0 Å². The van der Waals surface area contributed by atoms with Crippen LogP contribution in [0.3, 0.4) is 0 Å². The van der Waals surface area contributed by atoms with Crippen LogP contribution in [0, 0.1) is 0 Å². The predicted molar refractivity (Wildman–Crippen MR) is 32.4 cm³/mol. The Kier molecular flexibility index (Phi) is 1.86. The molecule has 0 aromatic rings. The number of hydrogen-bond acceptors (Lipinski definition) is 2. The van der Waals surface area contributed by atoms with Crippen molar-refractivity contribution in [1.82, 2.24) is 5.48 Å². The van der Waals surface area contributed by atoms with Crippen molar-refractivity contribution in [2.24, 2.45) is 0 Å². The maximum Gasteiger partial charge on any atom is 0.0734 e. The van der Waals surface area contributed by atoms with E-state index in [4.69, 9.17) is 4.84 Å². The average Bonchev–Trinajstić information content (AvgIpc) is 2.41. The summed E-state index contributed by atoms with van der Waals surface area (Å²) in [5.41, 5.74) is 2.96. The van der Waals surface area contributed by atoms with Crippen LogP contribution in [0.2, 0.25) is 0 Å². The molecule has 1 rings (SSSR count). The molecule has 1 saturated carbocycles. The average molecular weight is 115 g/mol. The van der Waals surface area contributed by atoms with Crippen LogP contribution < -0.4 is 5.48 Å². The second-order valence-corrected chi connectivity index (χ2v) is 2.56. The predicted octanol–water partition coefficient (Wildman–Crippen LogP) is 1.08. The van der Waals surface area contributed by atoms with Gasteiger partial charge in [-0.3, -0.25) is 4.84 Å². The summed E-state index contributed by atoms with van der Waals surface area (Å²) in [7, 11) is 0. The molecule has 0 spiro atoms. The summed E-state index contributed by atoms with van der Waals surface area (Å²) >= 11 is 0. The van der Waals surface area contributed by atoms with Gasteiger partial charge in [-0.25, -0.2) is 0 Å². The molecule has 1 fully saturated rings. The van der Waals surface area contributed by atoms with E-state index in [1.807, 2.05) is 13.8 Å². The van der Waals surface area contributed by atoms with E-state index >= 15 is 0 Å². The summed E-state index contributed by atoms with van der Waals surface area (Å²) in [6.45, 7) is 4.05. The topological polar surface area (TPSA) is 21.3 Å². The van der Waals surface area contributed by atoms with Crippen molar-refractivity contribution < 1.29 is 4.84 Å². The largest absolute Gasteiger partial charge is 0.299 e. The Morgan fingerprint density at radius 1 is 1.50 bits per heavy atom. The number of hydroxylamine groups is 1. The molecule has 8 heavy (non-hydrogen) atoms. The fourth-order valence-electron chi connectivity index (χ4n) is 0.433. The van der Waals surface area contributed by atoms with Gasteiger partial charge < -0.3 is 0 Å². The molecule has 0 aliphatic heterocycles. The Balaban J connectivity index is 1.87. The normalized spacial score (nSPS) is 19.9. The van der Waals surface area contributed by atoms with Gasteiger partial charge in [0.25, 0.3) is 0 Å². The summed E-state index contributed by atoms with van der Waals surface area (Å²) in [5, 5.41) is 0. The first-order chi connectivity index (χ1) is 3.79. The van der Waals surface area contributed by atoms with Gasteiger partial charge in [0.05, 0.1) is 6.10 Å². The van der Waals surface area contributed by atoms with E-state index in [1.54, 1.807) is 0 Å². The number of hydrogen-bond donors (Lipinski definition) is 1. The van der Waals surface area contributed by atoms with Gasteiger partial charge in [0.1, 0.15) is 0 Å². The van der Waals surface area contributed by atoms with Crippen molar-refractivity contribution in [3.8, 4) is 0 Å². The molecule has 0 heterocycles. The molecule has 0 saturated heterocycles. The Morgan fingerprint density at radius 2 is 2.12 bits per heavy atom. The molecule has 0 amide bonds. The third kappa shape index (κ3) is 2.28. The fourth-order valence-corrected chi connectivity index (χ4v) is 0.433. The van der Waals surface area contributed by atoms with E-state index in [-0.39, 0.29) is 0 Å². The van der Waals surface area contributed by atoms with Crippen LogP contribution in [0.5, 0.6) is 0 Å². The lowest BCUT2D eigenvalue weighted by molar-refractivity contribution is -0.00900. The smallest absolute Gasteiger partial charge is 0.0734 e. The molecule has 1 aliphatic rings. The molecule has 0 bridgehead atoms. The lowest BCUT2D eigenvalue weighted by Crippen LogP contribution is -2.21. The Labute approximate surface area is 50.2 Å². The monoisotopic (exact) mass is 115 g/mol. The minimum atomic E-state index is 0.315. The van der Waals surface area contributed by atoms with Crippen LogP contribution in [0.15, 0.2) is 0 Å². The highest BCUT2D eigenvalue weighted by molar-refractivity contribution is 4.77. The van der Waals surface area contributed by atoms with Crippen LogP contribution in [0.25, 0.3) is 0 Å². The van der Waals surface area contributed by atoms with Gasteiger partial charge in [0, 0.05) is 6.04 Å². The zero-order valence-corrected chi connectivity index (χ0v) is 5.48. The molecular weight excluding hydrogens is 102 g/mol. The molecule has 48 valence electrons. The molecule has 1 aliphatic carbocycles. The first kappa shape index (κ1) is 6.05. The zero-order valence-electron chi connectivity index (χ0n) is 5.48. The van der Waals surface area contributed by atoms with Crippen molar-refractivity contribution in [3.05, 3.63) is 0 Å². The Bertz CT molecular complexity index is 66.9. The van der Waals surface area contributed by atoms with Crippen molar-refractivity contribution in [1.29, 1.82) is 0 Å². The van der Waals surface area contributed by atoms with E-state index in [1.165, 1.54) is 12.8 Å². The summed E-state index contributed by atoms with van der Waals surface area (Å²) in [4.78, 5) is 5.12. The SMILES string of the molecule is CC(C)ONC1CC1. The maximum absolute atomic E-state index is 5.12. The van der Waals surface area contributed by atoms with Crippen molar-refractivity contribution in [2.45, 2.75) is 38.8 Å². The highest BCUT2D eigenvalue weighted by atomic mass is 16.7.